The first-order valence-electron chi connectivity index (χ1n) is 6.37. The molecule has 1 aromatic heterocycles. The van der Waals surface area contributed by atoms with Crippen LogP contribution in [0, 0.1) is 13.8 Å². The van der Waals surface area contributed by atoms with E-state index in [1.165, 1.54) is 14.2 Å². The fraction of sp³-hybridized carbons (Fsp3) is 0.429. The molecule has 0 fully saturated rings. The highest BCUT2D eigenvalue weighted by Gasteiger charge is 2.35. The number of nitrogens with zero attached hydrogens (tertiary/aromatic N) is 1. The number of pyridine rings is 1. The zero-order valence-electron chi connectivity index (χ0n) is 12.3. The van der Waals surface area contributed by atoms with Gasteiger partial charge in [-0.25, -0.2) is 9.59 Å². The zero-order chi connectivity index (χ0) is 15.7. The van der Waals surface area contributed by atoms with Crippen molar-refractivity contribution in [3.8, 4) is 0 Å². The summed E-state index contributed by atoms with van der Waals surface area (Å²) in [6, 6.07) is -0.820. The molecule has 1 N–H and O–H groups in total. The third-order valence-electron chi connectivity index (χ3n) is 3.48. The summed E-state index contributed by atoms with van der Waals surface area (Å²) in [5.41, 5.74) is 2.02. The largest absolute Gasteiger partial charge is 0.467 e. The second kappa shape index (κ2) is 5.51. The van der Waals surface area contributed by atoms with Crippen molar-refractivity contribution >= 4 is 17.8 Å². The van der Waals surface area contributed by atoms with Crippen molar-refractivity contribution in [2.75, 3.05) is 14.2 Å². The molecule has 7 heteroatoms. The molecule has 112 valence electrons. The lowest BCUT2D eigenvalue weighted by atomic mass is 9.89. The Bertz CT molecular complexity index is 639. The second-order valence-electron chi connectivity index (χ2n) is 4.76. The monoisotopic (exact) mass is 292 g/mol. The molecule has 0 bridgehead atoms. The molecule has 0 aromatic carbocycles. The van der Waals surface area contributed by atoms with Gasteiger partial charge < -0.3 is 14.8 Å². The van der Waals surface area contributed by atoms with E-state index in [0.717, 1.165) is 0 Å². The van der Waals surface area contributed by atoms with Gasteiger partial charge in [-0.15, -0.1) is 0 Å². The van der Waals surface area contributed by atoms with E-state index in [1.54, 1.807) is 13.8 Å². The quantitative estimate of drug-likeness (QED) is 0.788. The van der Waals surface area contributed by atoms with Crippen LogP contribution in [0.1, 0.15) is 37.7 Å². The molecule has 21 heavy (non-hydrogen) atoms. The minimum absolute atomic E-state index is 0.169. The first-order valence-corrected chi connectivity index (χ1v) is 6.37. The van der Waals surface area contributed by atoms with Gasteiger partial charge in [0.2, 0.25) is 0 Å². The number of fused-ring (bicyclic) bond motifs is 1. The van der Waals surface area contributed by atoms with Crippen molar-refractivity contribution in [1.82, 2.24) is 10.3 Å². The number of carbonyl (C=O) groups excluding carboxylic acids is 3. The Morgan fingerprint density at radius 1 is 1.19 bits per heavy atom. The van der Waals surface area contributed by atoms with Crippen molar-refractivity contribution in [2.45, 2.75) is 26.3 Å². The Hall–Kier alpha value is -2.44. The standard InChI is InChI=1S/C14H16N2O5/c1-6-10-8(11(7(2)15-6)14(19)21-4)5-9(13(18)20-3)16-12(10)17/h9H,5H2,1-4H3,(H,16,17)/t9-/m0/s1. The fourth-order valence-electron chi connectivity index (χ4n) is 2.57. The number of nitrogens with one attached hydrogen (secondary N) is 1. The van der Waals surface area contributed by atoms with E-state index in [0.29, 0.717) is 22.5 Å². The molecule has 1 amide bonds. The van der Waals surface area contributed by atoms with Gasteiger partial charge in [0.25, 0.3) is 5.91 Å². The Kier molecular flexibility index (Phi) is 3.93. The highest BCUT2D eigenvalue weighted by atomic mass is 16.5. The topological polar surface area (TPSA) is 94.6 Å². The van der Waals surface area contributed by atoms with Gasteiger partial charge >= 0.3 is 11.9 Å². The van der Waals surface area contributed by atoms with Gasteiger partial charge in [-0.2, -0.15) is 0 Å². The molecule has 1 aromatic rings. The average molecular weight is 292 g/mol. The predicted octanol–water partition coefficient (Wildman–Crippen LogP) is 0.313. The number of aromatic nitrogens is 1. The molecule has 2 rings (SSSR count). The van der Waals surface area contributed by atoms with E-state index in [9.17, 15) is 14.4 Å². The molecule has 0 spiro atoms. The Morgan fingerprint density at radius 3 is 2.43 bits per heavy atom. The summed E-state index contributed by atoms with van der Waals surface area (Å²) >= 11 is 0. The van der Waals surface area contributed by atoms with Crippen LogP contribution in [-0.2, 0) is 20.7 Å². The number of esters is 2. The molecule has 1 aliphatic rings. The fourth-order valence-corrected chi connectivity index (χ4v) is 2.57. The number of rotatable bonds is 2. The van der Waals surface area contributed by atoms with E-state index in [1.807, 2.05) is 0 Å². The van der Waals surface area contributed by atoms with E-state index in [2.05, 4.69) is 15.0 Å². The second-order valence-corrected chi connectivity index (χ2v) is 4.76. The molecule has 2 heterocycles. The molecule has 7 nitrogen and oxygen atoms in total. The molecule has 0 unspecified atom stereocenters. The maximum atomic E-state index is 12.2. The van der Waals surface area contributed by atoms with Gasteiger partial charge in [0.1, 0.15) is 6.04 Å². The van der Waals surface area contributed by atoms with Crippen LogP contribution in [0.3, 0.4) is 0 Å². The van der Waals surface area contributed by atoms with Crippen molar-refractivity contribution < 1.29 is 23.9 Å². The minimum Gasteiger partial charge on any atom is -0.467 e. The number of carbonyl (C=O) groups is 3. The molecule has 1 aliphatic heterocycles. The van der Waals surface area contributed by atoms with Crippen molar-refractivity contribution in [1.29, 1.82) is 0 Å². The molecule has 0 aliphatic carbocycles. The van der Waals surface area contributed by atoms with Gasteiger partial charge in [-0.3, -0.25) is 9.78 Å². The van der Waals surface area contributed by atoms with Gasteiger partial charge in [-0.1, -0.05) is 0 Å². The highest BCUT2D eigenvalue weighted by molar-refractivity contribution is 6.04. The summed E-state index contributed by atoms with van der Waals surface area (Å²) in [5, 5.41) is 2.56. The molecule has 1 atom stereocenters. The smallest absolute Gasteiger partial charge is 0.340 e. The van der Waals surface area contributed by atoms with E-state index < -0.39 is 23.9 Å². The first-order chi connectivity index (χ1) is 9.90. The number of methoxy groups -OCH3 is 2. The van der Waals surface area contributed by atoms with Gasteiger partial charge in [0.15, 0.2) is 0 Å². The SMILES string of the molecule is COC(=O)c1c(C)nc(C)c2c1C[C@@H](C(=O)OC)NC2=O. The van der Waals surface area contributed by atoms with E-state index in [4.69, 9.17) is 4.74 Å². The Balaban J connectivity index is 2.63. The predicted molar refractivity (Wildman–Crippen MR) is 72.0 cm³/mol. The van der Waals surface area contributed by atoms with Crippen LogP contribution in [0.4, 0.5) is 0 Å². The summed E-state index contributed by atoms with van der Waals surface area (Å²) in [6.45, 7) is 3.35. The summed E-state index contributed by atoms with van der Waals surface area (Å²) in [4.78, 5) is 40.1. The van der Waals surface area contributed by atoms with Crippen LogP contribution >= 0.6 is 0 Å². The number of ether oxygens (including phenoxy) is 2. The molecular weight excluding hydrogens is 276 g/mol. The van der Waals surface area contributed by atoms with Crippen molar-refractivity contribution in [3.05, 3.63) is 28.1 Å². The maximum Gasteiger partial charge on any atom is 0.340 e. The average Bonchev–Trinajstić information content (AvgIpc) is 2.44. The number of hydrogen-bond acceptors (Lipinski definition) is 6. The Labute approximate surface area is 121 Å². The third-order valence-corrected chi connectivity index (χ3v) is 3.48. The van der Waals surface area contributed by atoms with Crippen LogP contribution < -0.4 is 5.32 Å². The zero-order valence-corrected chi connectivity index (χ0v) is 12.3. The van der Waals surface area contributed by atoms with Crippen LogP contribution in [0.25, 0.3) is 0 Å². The van der Waals surface area contributed by atoms with Gasteiger partial charge in [-0.05, 0) is 19.4 Å². The lowest BCUT2D eigenvalue weighted by molar-refractivity contribution is -0.142. The van der Waals surface area contributed by atoms with Gasteiger partial charge in [0.05, 0.1) is 36.7 Å². The van der Waals surface area contributed by atoms with Crippen LogP contribution in [0.5, 0.6) is 0 Å². The molecule has 0 saturated heterocycles. The summed E-state index contributed by atoms with van der Waals surface area (Å²) < 4.78 is 9.41. The normalized spacial score (nSPS) is 16.8. The number of amides is 1. The lowest BCUT2D eigenvalue weighted by Crippen LogP contribution is -2.48. The summed E-state index contributed by atoms with van der Waals surface area (Å²) in [6.07, 6.45) is 0.169. The molecular formula is C14H16N2O5. The number of aryl methyl sites for hydroxylation is 2. The van der Waals surface area contributed by atoms with E-state index >= 15 is 0 Å². The molecule has 0 saturated carbocycles. The van der Waals surface area contributed by atoms with Crippen LogP contribution in [0.15, 0.2) is 0 Å². The minimum atomic E-state index is -0.820. The summed E-state index contributed by atoms with van der Waals surface area (Å²) in [7, 11) is 2.50. The highest BCUT2D eigenvalue weighted by Crippen LogP contribution is 2.26. The first kappa shape index (κ1) is 15.0. The van der Waals surface area contributed by atoms with E-state index in [-0.39, 0.29) is 12.0 Å². The van der Waals surface area contributed by atoms with Crippen LogP contribution in [0.2, 0.25) is 0 Å². The van der Waals surface area contributed by atoms with Crippen molar-refractivity contribution in [3.63, 3.8) is 0 Å². The Morgan fingerprint density at radius 2 is 1.86 bits per heavy atom. The van der Waals surface area contributed by atoms with Crippen LogP contribution in [-0.4, -0.2) is 43.1 Å². The summed E-state index contributed by atoms with van der Waals surface area (Å²) in [5.74, 6) is -1.58. The van der Waals surface area contributed by atoms with Gasteiger partial charge in [0, 0.05) is 6.42 Å². The molecule has 0 radical (unpaired) electrons. The number of hydrogen-bond donors (Lipinski definition) is 1. The lowest BCUT2D eigenvalue weighted by Gasteiger charge is -2.26. The maximum absolute atomic E-state index is 12.2. The van der Waals surface area contributed by atoms with Crippen molar-refractivity contribution in [2.24, 2.45) is 0 Å². The third kappa shape index (κ3) is 2.46.